The summed E-state index contributed by atoms with van der Waals surface area (Å²) in [6.07, 6.45) is 0.719. The van der Waals surface area contributed by atoms with Crippen molar-refractivity contribution in [3.63, 3.8) is 0 Å². The molecule has 8 heteroatoms. The Morgan fingerprint density at radius 2 is 2.50 bits per heavy atom. The van der Waals surface area contributed by atoms with Crippen molar-refractivity contribution in [1.82, 2.24) is 15.1 Å². The molecule has 88 valence electrons. The highest BCUT2D eigenvalue weighted by Crippen LogP contribution is 2.04. The average Bonchev–Trinajstić information content (AvgIpc) is 2.63. The van der Waals surface area contributed by atoms with E-state index in [1.807, 2.05) is 0 Å². The first-order valence-corrected chi connectivity index (χ1v) is 4.61. The molecular weight excluding hydrogens is 216 g/mol. The Labute approximate surface area is 91.0 Å². The maximum absolute atomic E-state index is 11.2. The highest BCUT2D eigenvalue weighted by Gasteiger charge is 2.13. The standard InChI is InChI=1S/C8H12N4O4/c1-6(13)4-9-8(14)5-11-3-2-7(10-11)12(15)16/h2-3,6,13H,4-5H2,1H3,(H,9,14)/t6-/m0/s1. The molecule has 0 aliphatic heterocycles. The molecule has 0 aliphatic carbocycles. The third kappa shape index (κ3) is 3.65. The third-order valence-corrected chi connectivity index (χ3v) is 1.71. The predicted octanol–water partition coefficient (Wildman–Crippen LogP) is -0.712. The molecule has 0 aromatic carbocycles. The molecular formula is C8H12N4O4. The minimum absolute atomic E-state index is 0.111. The molecule has 1 rings (SSSR count). The lowest BCUT2D eigenvalue weighted by atomic mass is 10.4. The summed E-state index contributed by atoms with van der Waals surface area (Å²) >= 11 is 0. The number of nitro groups is 1. The summed E-state index contributed by atoms with van der Waals surface area (Å²) in [5, 5.41) is 25.2. The predicted molar refractivity (Wildman–Crippen MR) is 53.6 cm³/mol. The van der Waals surface area contributed by atoms with Gasteiger partial charge in [-0.05, 0) is 11.8 Å². The van der Waals surface area contributed by atoms with E-state index in [1.165, 1.54) is 12.3 Å². The molecule has 8 nitrogen and oxygen atoms in total. The fourth-order valence-electron chi connectivity index (χ4n) is 1.00. The maximum atomic E-state index is 11.2. The van der Waals surface area contributed by atoms with E-state index in [0.717, 1.165) is 4.68 Å². The van der Waals surface area contributed by atoms with E-state index in [1.54, 1.807) is 6.92 Å². The molecule has 1 aromatic rings. The van der Waals surface area contributed by atoms with Crippen LogP contribution in [0.15, 0.2) is 12.3 Å². The number of nitrogens with one attached hydrogen (secondary N) is 1. The second-order valence-corrected chi connectivity index (χ2v) is 3.28. The number of aliphatic hydroxyl groups is 1. The zero-order valence-electron chi connectivity index (χ0n) is 8.66. The van der Waals surface area contributed by atoms with Gasteiger partial charge in [-0.15, -0.1) is 0 Å². The van der Waals surface area contributed by atoms with Crippen molar-refractivity contribution in [3.8, 4) is 0 Å². The molecule has 2 N–H and O–H groups in total. The van der Waals surface area contributed by atoms with Crippen molar-refractivity contribution < 1.29 is 14.8 Å². The highest BCUT2D eigenvalue weighted by molar-refractivity contribution is 5.75. The monoisotopic (exact) mass is 228 g/mol. The Kier molecular flexibility index (Phi) is 3.95. The molecule has 0 bridgehead atoms. The number of aliphatic hydroxyl groups excluding tert-OH is 1. The van der Waals surface area contributed by atoms with Crippen LogP contribution in [0.5, 0.6) is 0 Å². The van der Waals surface area contributed by atoms with Gasteiger partial charge in [0, 0.05) is 6.54 Å². The molecule has 0 aliphatic rings. The van der Waals surface area contributed by atoms with E-state index in [9.17, 15) is 14.9 Å². The van der Waals surface area contributed by atoms with E-state index in [0.29, 0.717) is 0 Å². The maximum Gasteiger partial charge on any atom is 0.389 e. The largest absolute Gasteiger partial charge is 0.392 e. The summed E-state index contributed by atoms with van der Waals surface area (Å²) in [5.41, 5.74) is 0. The zero-order chi connectivity index (χ0) is 12.1. The van der Waals surface area contributed by atoms with Crippen LogP contribution in [0.1, 0.15) is 6.92 Å². The Morgan fingerprint density at radius 3 is 3.00 bits per heavy atom. The number of carbonyl (C=O) groups is 1. The quantitative estimate of drug-likeness (QED) is 0.510. The van der Waals surface area contributed by atoms with Crippen LogP contribution in [-0.4, -0.2) is 38.4 Å². The highest BCUT2D eigenvalue weighted by atomic mass is 16.6. The minimum atomic E-state index is -0.635. The second kappa shape index (κ2) is 5.21. The van der Waals surface area contributed by atoms with Gasteiger partial charge in [0.05, 0.1) is 23.5 Å². The Hall–Kier alpha value is -1.96. The van der Waals surface area contributed by atoms with E-state index in [2.05, 4.69) is 10.4 Å². The summed E-state index contributed by atoms with van der Waals surface area (Å²) in [5.74, 6) is -0.665. The first-order chi connectivity index (χ1) is 7.49. The Bertz CT molecular complexity index is 387. The van der Waals surface area contributed by atoms with Crippen molar-refractivity contribution in [3.05, 3.63) is 22.4 Å². The molecule has 16 heavy (non-hydrogen) atoms. The van der Waals surface area contributed by atoms with Crippen molar-refractivity contribution in [2.75, 3.05) is 6.54 Å². The molecule has 0 unspecified atom stereocenters. The molecule has 1 atom stereocenters. The lowest BCUT2D eigenvalue weighted by Crippen LogP contribution is -2.33. The van der Waals surface area contributed by atoms with Gasteiger partial charge < -0.3 is 20.5 Å². The van der Waals surface area contributed by atoms with Crippen molar-refractivity contribution >= 4 is 11.7 Å². The number of hydrogen-bond donors (Lipinski definition) is 2. The van der Waals surface area contributed by atoms with Gasteiger partial charge in [-0.1, -0.05) is 0 Å². The van der Waals surface area contributed by atoms with E-state index in [-0.39, 0.29) is 24.8 Å². The third-order valence-electron chi connectivity index (χ3n) is 1.71. The first-order valence-electron chi connectivity index (χ1n) is 4.61. The van der Waals surface area contributed by atoms with Gasteiger partial charge in [-0.2, -0.15) is 4.68 Å². The molecule has 1 aromatic heterocycles. The number of amides is 1. The fourth-order valence-corrected chi connectivity index (χ4v) is 1.00. The lowest BCUT2D eigenvalue weighted by molar-refractivity contribution is -0.389. The molecule has 0 fully saturated rings. The fraction of sp³-hybridized carbons (Fsp3) is 0.500. The van der Waals surface area contributed by atoms with Crippen molar-refractivity contribution in [1.29, 1.82) is 0 Å². The molecule has 0 saturated heterocycles. The normalized spacial score (nSPS) is 12.1. The number of aromatic nitrogens is 2. The van der Waals surface area contributed by atoms with E-state index >= 15 is 0 Å². The number of nitrogens with zero attached hydrogens (tertiary/aromatic N) is 3. The topological polar surface area (TPSA) is 110 Å². The van der Waals surface area contributed by atoms with Crippen molar-refractivity contribution in [2.45, 2.75) is 19.6 Å². The SMILES string of the molecule is C[C@H](O)CNC(=O)Cn1ccc([N+](=O)[O-])n1. The van der Waals surface area contributed by atoms with E-state index in [4.69, 9.17) is 5.11 Å². The summed E-state index contributed by atoms with van der Waals surface area (Å²) in [7, 11) is 0. The lowest BCUT2D eigenvalue weighted by Gasteiger charge is -2.05. The van der Waals surface area contributed by atoms with Crippen LogP contribution >= 0.6 is 0 Å². The molecule has 1 amide bonds. The van der Waals surface area contributed by atoms with Crippen LogP contribution in [0.3, 0.4) is 0 Å². The van der Waals surface area contributed by atoms with Crippen LogP contribution in [0.4, 0.5) is 5.82 Å². The summed E-state index contributed by atoms with van der Waals surface area (Å²) in [6, 6.07) is 1.21. The molecule has 0 saturated carbocycles. The smallest absolute Gasteiger partial charge is 0.389 e. The second-order valence-electron chi connectivity index (χ2n) is 3.28. The zero-order valence-corrected chi connectivity index (χ0v) is 8.66. The van der Waals surface area contributed by atoms with E-state index < -0.39 is 11.0 Å². The number of hydrogen-bond acceptors (Lipinski definition) is 5. The van der Waals surface area contributed by atoms with Gasteiger partial charge in [0.25, 0.3) is 0 Å². The summed E-state index contributed by atoms with van der Waals surface area (Å²) in [4.78, 5) is 20.9. The first kappa shape index (κ1) is 12.1. The number of carbonyl (C=O) groups excluding carboxylic acids is 1. The van der Waals surface area contributed by atoms with Crippen LogP contribution in [0.25, 0.3) is 0 Å². The van der Waals surface area contributed by atoms with Gasteiger partial charge in [0.2, 0.25) is 5.91 Å². The van der Waals surface area contributed by atoms with Gasteiger partial charge in [0.15, 0.2) is 0 Å². The average molecular weight is 228 g/mol. The molecule has 1 heterocycles. The van der Waals surface area contributed by atoms with Gasteiger partial charge in [-0.3, -0.25) is 4.79 Å². The van der Waals surface area contributed by atoms with Crippen LogP contribution in [0, 0.1) is 10.1 Å². The number of rotatable bonds is 5. The van der Waals surface area contributed by atoms with Gasteiger partial charge in [0.1, 0.15) is 6.54 Å². The Morgan fingerprint density at radius 1 is 1.81 bits per heavy atom. The van der Waals surface area contributed by atoms with Gasteiger partial charge >= 0.3 is 5.82 Å². The van der Waals surface area contributed by atoms with Crippen molar-refractivity contribution in [2.24, 2.45) is 0 Å². The summed E-state index contributed by atoms with van der Waals surface area (Å²) < 4.78 is 1.16. The van der Waals surface area contributed by atoms with Crippen LogP contribution in [-0.2, 0) is 11.3 Å². The van der Waals surface area contributed by atoms with Crippen LogP contribution < -0.4 is 5.32 Å². The molecule has 0 spiro atoms. The van der Waals surface area contributed by atoms with Gasteiger partial charge in [-0.25, -0.2) is 0 Å². The minimum Gasteiger partial charge on any atom is -0.392 e. The van der Waals surface area contributed by atoms with Crippen LogP contribution in [0.2, 0.25) is 0 Å². The molecule has 0 radical (unpaired) electrons. The summed E-state index contributed by atoms with van der Waals surface area (Å²) in [6.45, 7) is 1.57. The Balaban J connectivity index is 2.46.